The smallest absolute Gasteiger partial charge is 0.338 e. The van der Waals surface area contributed by atoms with E-state index < -0.39 is 11.9 Å². The molecule has 5 nitrogen and oxygen atoms in total. The summed E-state index contributed by atoms with van der Waals surface area (Å²) in [7, 11) is 0. The predicted molar refractivity (Wildman–Crippen MR) is 69.4 cm³/mol. The Bertz CT molecular complexity index is 453. The predicted octanol–water partition coefficient (Wildman–Crippen LogP) is 1.88. The lowest BCUT2D eigenvalue weighted by Gasteiger charge is -2.09. The lowest BCUT2D eigenvalue weighted by Crippen LogP contribution is -2.11. The van der Waals surface area contributed by atoms with Crippen molar-refractivity contribution in [2.45, 2.75) is 26.2 Å². The monoisotopic (exact) mass is 266 g/mol. The average Bonchev–Trinajstić information content (AvgIpc) is 2.39. The molecule has 0 aliphatic carbocycles. The molecule has 5 heteroatoms. The molecule has 0 spiro atoms. The van der Waals surface area contributed by atoms with Gasteiger partial charge >= 0.3 is 11.9 Å². The number of carbonyl (C=O) groups excluding carboxylic acids is 1. The molecular weight excluding hydrogens is 248 g/mol. The third-order valence-electron chi connectivity index (χ3n) is 2.63. The summed E-state index contributed by atoms with van der Waals surface area (Å²) in [4.78, 5) is 22.8. The molecule has 0 saturated heterocycles. The second-order valence-corrected chi connectivity index (χ2v) is 4.14. The SMILES string of the molecule is CCCc1cc(C(=O)O)ccc1C(=O)OCCCO. The molecule has 0 amide bonds. The molecule has 0 heterocycles. The van der Waals surface area contributed by atoms with Crippen LogP contribution in [-0.4, -0.2) is 35.4 Å². The number of benzene rings is 1. The van der Waals surface area contributed by atoms with E-state index >= 15 is 0 Å². The van der Waals surface area contributed by atoms with Crippen molar-refractivity contribution in [3.05, 3.63) is 34.9 Å². The van der Waals surface area contributed by atoms with Crippen LogP contribution in [0, 0.1) is 0 Å². The molecule has 0 aliphatic rings. The van der Waals surface area contributed by atoms with Gasteiger partial charge in [-0.1, -0.05) is 13.3 Å². The summed E-state index contributed by atoms with van der Waals surface area (Å²) in [5.74, 6) is -1.49. The number of carbonyl (C=O) groups is 2. The van der Waals surface area contributed by atoms with Crippen LogP contribution in [0.25, 0.3) is 0 Å². The number of rotatable bonds is 7. The Morgan fingerprint density at radius 1 is 1.32 bits per heavy atom. The standard InChI is InChI=1S/C14H18O5/c1-2-4-10-9-11(13(16)17)5-6-12(10)14(18)19-8-3-7-15/h5-6,9,15H,2-4,7-8H2,1H3,(H,16,17). The van der Waals surface area contributed by atoms with Gasteiger partial charge in [0.1, 0.15) is 0 Å². The zero-order valence-electron chi connectivity index (χ0n) is 10.9. The average molecular weight is 266 g/mol. The van der Waals surface area contributed by atoms with Gasteiger partial charge in [-0.15, -0.1) is 0 Å². The molecule has 1 rings (SSSR count). The molecule has 0 aromatic heterocycles. The van der Waals surface area contributed by atoms with E-state index in [1.54, 1.807) is 0 Å². The molecule has 2 N–H and O–H groups in total. The fraction of sp³-hybridized carbons (Fsp3) is 0.429. The zero-order valence-corrected chi connectivity index (χ0v) is 10.9. The topological polar surface area (TPSA) is 83.8 Å². The number of hydrogen-bond donors (Lipinski definition) is 2. The van der Waals surface area contributed by atoms with E-state index in [4.69, 9.17) is 14.9 Å². The van der Waals surface area contributed by atoms with E-state index in [2.05, 4.69) is 0 Å². The molecule has 1 aromatic rings. The van der Waals surface area contributed by atoms with Gasteiger partial charge in [0.15, 0.2) is 0 Å². The van der Waals surface area contributed by atoms with Gasteiger partial charge in [-0.3, -0.25) is 0 Å². The summed E-state index contributed by atoms with van der Waals surface area (Å²) in [6.45, 7) is 2.07. The second-order valence-electron chi connectivity index (χ2n) is 4.14. The number of carboxylic acid groups (broad SMARTS) is 1. The van der Waals surface area contributed by atoms with Gasteiger partial charge in [-0.05, 0) is 30.2 Å². The third kappa shape index (κ3) is 4.37. The Labute approximate surface area is 111 Å². The van der Waals surface area contributed by atoms with Crippen molar-refractivity contribution < 1.29 is 24.5 Å². The fourth-order valence-corrected chi connectivity index (χ4v) is 1.71. The van der Waals surface area contributed by atoms with Crippen LogP contribution < -0.4 is 0 Å². The van der Waals surface area contributed by atoms with Gasteiger partial charge in [0.05, 0.1) is 17.7 Å². The van der Waals surface area contributed by atoms with Crippen LogP contribution in [0.15, 0.2) is 18.2 Å². The molecule has 1 aromatic carbocycles. The number of aliphatic hydroxyl groups is 1. The normalized spacial score (nSPS) is 10.2. The highest BCUT2D eigenvalue weighted by Gasteiger charge is 2.14. The van der Waals surface area contributed by atoms with E-state index in [1.807, 2.05) is 6.92 Å². The molecule has 19 heavy (non-hydrogen) atoms. The summed E-state index contributed by atoms with van der Waals surface area (Å²) in [6.07, 6.45) is 1.81. The van der Waals surface area contributed by atoms with Crippen LogP contribution in [-0.2, 0) is 11.2 Å². The van der Waals surface area contributed by atoms with Gasteiger partial charge in [-0.2, -0.15) is 0 Å². The fourth-order valence-electron chi connectivity index (χ4n) is 1.71. The van der Waals surface area contributed by atoms with Crippen molar-refractivity contribution >= 4 is 11.9 Å². The number of aliphatic hydroxyl groups excluding tert-OH is 1. The van der Waals surface area contributed by atoms with E-state index in [9.17, 15) is 9.59 Å². The van der Waals surface area contributed by atoms with Crippen molar-refractivity contribution in [1.82, 2.24) is 0 Å². The maximum absolute atomic E-state index is 11.8. The molecule has 0 fully saturated rings. The van der Waals surface area contributed by atoms with E-state index in [-0.39, 0.29) is 18.8 Å². The van der Waals surface area contributed by atoms with Gasteiger partial charge in [0.25, 0.3) is 0 Å². The van der Waals surface area contributed by atoms with Crippen molar-refractivity contribution in [3.63, 3.8) is 0 Å². The largest absolute Gasteiger partial charge is 0.478 e. The Morgan fingerprint density at radius 2 is 2.05 bits per heavy atom. The third-order valence-corrected chi connectivity index (χ3v) is 2.63. The number of esters is 1. The summed E-state index contributed by atoms with van der Waals surface area (Å²) in [6, 6.07) is 4.38. The lowest BCUT2D eigenvalue weighted by atomic mass is 10.00. The summed E-state index contributed by atoms with van der Waals surface area (Å²) in [5, 5.41) is 17.6. The van der Waals surface area contributed by atoms with Crippen molar-refractivity contribution in [3.8, 4) is 0 Å². The molecule has 0 bridgehead atoms. The first-order valence-corrected chi connectivity index (χ1v) is 6.24. The van der Waals surface area contributed by atoms with Crippen LogP contribution in [0.3, 0.4) is 0 Å². The number of ether oxygens (including phenoxy) is 1. The number of aromatic carboxylic acids is 1. The lowest BCUT2D eigenvalue weighted by molar-refractivity contribution is 0.0479. The first kappa shape index (κ1) is 15.2. The summed E-state index contributed by atoms with van der Waals surface area (Å²) in [5.41, 5.74) is 1.23. The molecule has 0 atom stereocenters. The molecule has 0 aliphatic heterocycles. The highest BCUT2D eigenvalue weighted by atomic mass is 16.5. The van der Waals surface area contributed by atoms with Crippen LogP contribution in [0.2, 0.25) is 0 Å². The Kier molecular flexibility index (Phi) is 6.02. The van der Waals surface area contributed by atoms with Crippen molar-refractivity contribution in [1.29, 1.82) is 0 Å². The highest BCUT2D eigenvalue weighted by Crippen LogP contribution is 2.16. The molecule has 0 radical (unpaired) electrons. The van der Waals surface area contributed by atoms with E-state index in [0.717, 1.165) is 6.42 Å². The number of hydrogen-bond acceptors (Lipinski definition) is 4. The van der Waals surface area contributed by atoms with Gasteiger partial charge in [-0.25, -0.2) is 9.59 Å². The summed E-state index contributed by atoms with van der Waals surface area (Å²) >= 11 is 0. The van der Waals surface area contributed by atoms with Gasteiger partial charge in [0, 0.05) is 13.0 Å². The van der Waals surface area contributed by atoms with E-state index in [0.29, 0.717) is 24.0 Å². The maximum atomic E-state index is 11.8. The van der Waals surface area contributed by atoms with Crippen LogP contribution >= 0.6 is 0 Å². The quantitative estimate of drug-likeness (QED) is 0.581. The Balaban J connectivity index is 2.92. The first-order chi connectivity index (χ1) is 9.10. The van der Waals surface area contributed by atoms with Crippen molar-refractivity contribution in [2.75, 3.05) is 13.2 Å². The van der Waals surface area contributed by atoms with Crippen molar-refractivity contribution in [2.24, 2.45) is 0 Å². The Hall–Kier alpha value is -1.88. The van der Waals surface area contributed by atoms with Crippen LogP contribution in [0.1, 0.15) is 46.0 Å². The number of carboxylic acids is 1. The minimum absolute atomic E-state index is 0.0347. The van der Waals surface area contributed by atoms with Crippen LogP contribution in [0.4, 0.5) is 0 Å². The molecule has 0 saturated carbocycles. The summed E-state index contributed by atoms with van der Waals surface area (Å²) < 4.78 is 5.01. The van der Waals surface area contributed by atoms with Crippen LogP contribution in [0.5, 0.6) is 0 Å². The highest BCUT2D eigenvalue weighted by molar-refractivity contribution is 5.94. The molecule has 104 valence electrons. The van der Waals surface area contributed by atoms with E-state index in [1.165, 1.54) is 18.2 Å². The Morgan fingerprint density at radius 3 is 2.63 bits per heavy atom. The number of aryl methyl sites for hydroxylation is 1. The first-order valence-electron chi connectivity index (χ1n) is 6.24. The van der Waals surface area contributed by atoms with Gasteiger partial charge in [0.2, 0.25) is 0 Å². The maximum Gasteiger partial charge on any atom is 0.338 e. The minimum Gasteiger partial charge on any atom is -0.478 e. The molecular formula is C14H18O5. The van der Waals surface area contributed by atoms with Gasteiger partial charge < -0.3 is 14.9 Å². The molecule has 0 unspecified atom stereocenters. The second kappa shape index (κ2) is 7.53. The minimum atomic E-state index is -1.02. The zero-order chi connectivity index (χ0) is 14.3.